The maximum absolute atomic E-state index is 12.2. The van der Waals surface area contributed by atoms with Crippen molar-refractivity contribution in [2.24, 2.45) is 0 Å². The molecule has 0 fully saturated rings. The number of rotatable bonds is 5. The van der Waals surface area contributed by atoms with Crippen LogP contribution in [0.2, 0.25) is 0 Å². The first-order chi connectivity index (χ1) is 10.0. The minimum Gasteiger partial charge on any atom is -0.480 e. The van der Waals surface area contributed by atoms with E-state index in [0.29, 0.717) is 22.7 Å². The van der Waals surface area contributed by atoms with Crippen molar-refractivity contribution < 1.29 is 14.3 Å². The van der Waals surface area contributed by atoms with Gasteiger partial charge in [-0.25, -0.2) is 4.98 Å². The van der Waals surface area contributed by atoms with E-state index in [0.717, 1.165) is 12.8 Å². The van der Waals surface area contributed by atoms with Gasteiger partial charge in [-0.05, 0) is 34.5 Å². The van der Waals surface area contributed by atoms with Crippen LogP contribution in [0.5, 0.6) is 5.75 Å². The molecule has 0 aliphatic carbocycles. The molecule has 2 rings (SSSR count). The summed E-state index contributed by atoms with van der Waals surface area (Å²) in [6.07, 6.45) is 1.96. The van der Waals surface area contributed by atoms with Gasteiger partial charge in [0.25, 0.3) is 5.91 Å². The molecule has 1 aliphatic heterocycles. The van der Waals surface area contributed by atoms with Crippen LogP contribution in [-0.2, 0) is 9.59 Å². The van der Waals surface area contributed by atoms with Crippen molar-refractivity contribution in [3.8, 4) is 5.75 Å². The summed E-state index contributed by atoms with van der Waals surface area (Å²) in [6, 6.07) is 3.47. The number of likely N-dealkylation sites (N-methyl/N-ethyl adjacent to an activating group) is 1. The number of carbonyl (C=O) groups excluding carboxylic acids is 2. The molecule has 0 radical (unpaired) electrons. The van der Waals surface area contributed by atoms with Crippen LogP contribution < -0.4 is 9.64 Å². The van der Waals surface area contributed by atoms with Gasteiger partial charge in [0.15, 0.2) is 18.2 Å². The summed E-state index contributed by atoms with van der Waals surface area (Å²) >= 11 is 3.27. The van der Waals surface area contributed by atoms with Crippen molar-refractivity contribution in [2.75, 3.05) is 31.6 Å². The number of fused-ring (bicyclic) bond motifs is 1. The van der Waals surface area contributed by atoms with Gasteiger partial charge in [-0.3, -0.25) is 14.5 Å². The van der Waals surface area contributed by atoms with E-state index < -0.39 is 0 Å². The minimum absolute atomic E-state index is 0.0150. The van der Waals surface area contributed by atoms with E-state index in [9.17, 15) is 9.59 Å². The van der Waals surface area contributed by atoms with Crippen LogP contribution in [0, 0.1) is 0 Å². The number of anilines is 1. The van der Waals surface area contributed by atoms with Gasteiger partial charge in [0.1, 0.15) is 11.1 Å². The average molecular weight is 356 g/mol. The van der Waals surface area contributed by atoms with Gasteiger partial charge in [-0.15, -0.1) is 0 Å². The zero-order chi connectivity index (χ0) is 15.4. The van der Waals surface area contributed by atoms with Crippen LogP contribution >= 0.6 is 15.9 Å². The number of pyridine rings is 1. The molecule has 0 saturated carbocycles. The quantitative estimate of drug-likeness (QED) is 0.756. The largest absolute Gasteiger partial charge is 0.480 e. The third-order valence-corrected chi connectivity index (χ3v) is 3.72. The summed E-state index contributed by atoms with van der Waals surface area (Å²) in [5.74, 6) is 0.538. The molecule has 1 aromatic heterocycles. The van der Waals surface area contributed by atoms with Crippen molar-refractivity contribution in [2.45, 2.75) is 19.8 Å². The van der Waals surface area contributed by atoms with E-state index in [1.807, 2.05) is 0 Å². The number of hydrogen-bond acceptors (Lipinski definition) is 4. The summed E-state index contributed by atoms with van der Waals surface area (Å²) in [7, 11) is 1.75. The second-order valence-corrected chi connectivity index (χ2v) is 5.71. The molecule has 2 amide bonds. The number of hydrogen-bond donors (Lipinski definition) is 0. The molecular formula is C14H18BrN3O3. The average Bonchev–Trinajstić information content (AvgIpc) is 2.47. The Morgan fingerprint density at radius 3 is 3.00 bits per heavy atom. The molecule has 0 N–H and O–H groups in total. The minimum atomic E-state index is -0.259. The zero-order valence-corrected chi connectivity index (χ0v) is 13.7. The van der Waals surface area contributed by atoms with Crippen LogP contribution in [0.4, 0.5) is 5.82 Å². The van der Waals surface area contributed by atoms with Crippen molar-refractivity contribution in [1.82, 2.24) is 9.88 Å². The van der Waals surface area contributed by atoms with Crippen molar-refractivity contribution in [3.05, 3.63) is 16.7 Å². The summed E-state index contributed by atoms with van der Waals surface area (Å²) in [5.41, 5.74) is 0. The van der Waals surface area contributed by atoms with Gasteiger partial charge >= 0.3 is 0 Å². The predicted octanol–water partition coefficient (Wildman–Crippen LogP) is 1.83. The highest BCUT2D eigenvalue weighted by atomic mass is 79.9. The van der Waals surface area contributed by atoms with E-state index in [1.165, 1.54) is 4.90 Å². The Morgan fingerprint density at radius 2 is 2.29 bits per heavy atom. The summed E-state index contributed by atoms with van der Waals surface area (Å²) in [6.45, 7) is 2.68. The molecule has 1 aromatic rings. The molecule has 0 aromatic carbocycles. The Hall–Kier alpha value is -1.63. The van der Waals surface area contributed by atoms with E-state index >= 15 is 0 Å². The smallest absolute Gasteiger partial charge is 0.266 e. The van der Waals surface area contributed by atoms with Gasteiger partial charge in [0.05, 0.1) is 0 Å². The first kappa shape index (κ1) is 15.8. The molecule has 2 heterocycles. The number of aromatic nitrogens is 1. The molecule has 0 spiro atoms. The Kier molecular flexibility index (Phi) is 5.17. The normalized spacial score (nSPS) is 13.7. The van der Waals surface area contributed by atoms with Crippen molar-refractivity contribution >= 4 is 33.6 Å². The highest BCUT2D eigenvalue weighted by Gasteiger charge is 2.29. The van der Waals surface area contributed by atoms with E-state index in [4.69, 9.17) is 4.74 Å². The lowest BCUT2D eigenvalue weighted by Crippen LogP contribution is -2.46. The zero-order valence-electron chi connectivity index (χ0n) is 12.1. The monoisotopic (exact) mass is 355 g/mol. The van der Waals surface area contributed by atoms with Crippen molar-refractivity contribution in [3.63, 3.8) is 0 Å². The highest BCUT2D eigenvalue weighted by molar-refractivity contribution is 9.10. The third kappa shape index (κ3) is 3.72. The first-order valence-corrected chi connectivity index (χ1v) is 7.66. The summed E-state index contributed by atoms with van der Waals surface area (Å²) < 4.78 is 5.92. The van der Waals surface area contributed by atoms with Crippen LogP contribution in [0.3, 0.4) is 0 Å². The van der Waals surface area contributed by atoms with Crippen LogP contribution in [-0.4, -0.2) is 48.4 Å². The molecule has 0 saturated heterocycles. The van der Waals surface area contributed by atoms with E-state index in [-0.39, 0.29) is 25.0 Å². The van der Waals surface area contributed by atoms with E-state index in [1.54, 1.807) is 24.1 Å². The highest BCUT2D eigenvalue weighted by Crippen LogP contribution is 2.31. The summed E-state index contributed by atoms with van der Waals surface area (Å²) in [5, 5.41) is 0. The standard InChI is InChI=1S/C14H18BrN3O3/c1-3-4-7-17(2)12(19)8-18-13(20)9-21-10-5-6-11(15)16-14(10)18/h5-6H,3-4,7-9H2,1-2H3. The SMILES string of the molecule is CCCCN(C)C(=O)CN1C(=O)COc2ccc(Br)nc21. The lowest BCUT2D eigenvalue weighted by Gasteiger charge is -2.29. The van der Waals surface area contributed by atoms with Gasteiger partial charge in [0, 0.05) is 13.6 Å². The second kappa shape index (κ2) is 6.89. The molecule has 6 nitrogen and oxygen atoms in total. The lowest BCUT2D eigenvalue weighted by atomic mass is 10.3. The fourth-order valence-electron chi connectivity index (χ4n) is 1.99. The maximum Gasteiger partial charge on any atom is 0.266 e. The molecule has 0 atom stereocenters. The van der Waals surface area contributed by atoms with Gasteiger partial charge in [-0.1, -0.05) is 13.3 Å². The van der Waals surface area contributed by atoms with Crippen molar-refractivity contribution in [1.29, 1.82) is 0 Å². The number of carbonyl (C=O) groups is 2. The van der Waals surface area contributed by atoms with Crippen LogP contribution in [0.15, 0.2) is 16.7 Å². The van der Waals surface area contributed by atoms with Gasteiger partial charge < -0.3 is 9.64 Å². The Morgan fingerprint density at radius 1 is 1.52 bits per heavy atom. The number of unbranched alkanes of at least 4 members (excludes halogenated alkanes) is 1. The number of nitrogens with zero attached hydrogens (tertiary/aromatic N) is 3. The molecule has 1 aliphatic rings. The Bertz CT molecular complexity index is 550. The third-order valence-electron chi connectivity index (χ3n) is 3.28. The van der Waals surface area contributed by atoms with E-state index in [2.05, 4.69) is 27.8 Å². The molecular weight excluding hydrogens is 338 g/mol. The maximum atomic E-state index is 12.2. The second-order valence-electron chi connectivity index (χ2n) is 4.89. The molecule has 0 unspecified atom stereocenters. The number of ether oxygens (including phenoxy) is 1. The fourth-order valence-corrected chi connectivity index (χ4v) is 2.29. The Labute approximate surface area is 132 Å². The van der Waals surface area contributed by atoms with Crippen LogP contribution in [0.1, 0.15) is 19.8 Å². The molecule has 114 valence electrons. The molecule has 21 heavy (non-hydrogen) atoms. The number of halogens is 1. The Balaban J connectivity index is 2.14. The lowest BCUT2D eigenvalue weighted by molar-refractivity contribution is -0.131. The molecule has 7 heteroatoms. The molecule has 0 bridgehead atoms. The number of amides is 2. The van der Waals surface area contributed by atoms with Crippen LogP contribution in [0.25, 0.3) is 0 Å². The first-order valence-electron chi connectivity index (χ1n) is 6.86. The predicted molar refractivity (Wildman–Crippen MR) is 82.3 cm³/mol. The van der Waals surface area contributed by atoms with Gasteiger partial charge in [-0.2, -0.15) is 0 Å². The topological polar surface area (TPSA) is 62.7 Å². The van der Waals surface area contributed by atoms with Gasteiger partial charge in [0.2, 0.25) is 5.91 Å². The fraction of sp³-hybridized carbons (Fsp3) is 0.500. The summed E-state index contributed by atoms with van der Waals surface area (Å²) in [4.78, 5) is 31.5.